The molecule has 1 N–H and O–H groups in total. The highest BCUT2D eigenvalue weighted by Gasteiger charge is 1.94. The van der Waals surface area contributed by atoms with Crippen LogP contribution in [0.25, 0.3) is 0 Å². The molecule has 0 aliphatic heterocycles. The molecule has 0 bridgehead atoms. The fraction of sp³-hybridized carbons (Fsp3) is 0.800. The summed E-state index contributed by atoms with van der Waals surface area (Å²) in [7, 11) is 0.970. The first-order valence-corrected chi connectivity index (χ1v) is 8.54. The van der Waals surface area contributed by atoms with Gasteiger partial charge < -0.3 is 5.11 Å². The van der Waals surface area contributed by atoms with Crippen LogP contribution in [0.3, 0.4) is 0 Å². The first kappa shape index (κ1) is 10.8. The smallest absolute Gasteiger partial charge is 0.303 e. The van der Waals surface area contributed by atoms with Crippen molar-refractivity contribution in [2.24, 2.45) is 0 Å². The van der Waals surface area contributed by atoms with Crippen molar-refractivity contribution in [2.75, 3.05) is 6.16 Å². The Kier molecular flexibility index (Phi) is 8.55. The van der Waals surface area contributed by atoms with E-state index in [2.05, 4.69) is 15.5 Å². The Morgan fingerprint density at radius 1 is 1.50 bits per heavy atom. The number of hydrogen-bond acceptors (Lipinski definition) is 1. The van der Waals surface area contributed by atoms with E-state index in [1.54, 1.807) is 0 Å². The van der Waals surface area contributed by atoms with Crippen molar-refractivity contribution in [1.29, 1.82) is 0 Å². The van der Waals surface area contributed by atoms with E-state index in [1.807, 2.05) is 0 Å². The number of carbonyl (C=O) groups is 1. The minimum absolute atomic E-state index is 0.329. The molecule has 2 nitrogen and oxygen atoms in total. The van der Waals surface area contributed by atoms with Gasteiger partial charge >= 0.3 is 5.97 Å². The van der Waals surface area contributed by atoms with Crippen molar-refractivity contribution < 1.29 is 9.90 Å². The van der Waals surface area contributed by atoms with Crippen LogP contribution in [0.2, 0.25) is 0 Å². The van der Waals surface area contributed by atoms with Crippen molar-refractivity contribution in [1.82, 2.24) is 0 Å². The van der Waals surface area contributed by atoms with E-state index < -0.39 is 5.97 Å². The number of unbranched alkanes of at least 4 members (excludes halogenated alkanes) is 1. The molecule has 2 atom stereocenters. The molecular weight excluding hydrogens is 234 g/mol. The number of aliphatic carboxylic acids is 1. The molecule has 2 unspecified atom stereocenters. The Morgan fingerprint density at radius 3 is 2.70 bits per heavy atom. The number of halogens is 1. The standard InChI is InChI=1S/C5H11BrO2P2/c6-10-9-4-2-1-3-5(7)8/h9-10H,1-4H2,(H,7,8). The number of rotatable bonds is 6. The summed E-state index contributed by atoms with van der Waals surface area (Å²) in [6, 6.07) is 0. The van der Waals surface area contributed by atoms with Crippen LogP contribution in [0.15, 0.2) is 0 Å². The molecule has 0 heterocycles. The molecule has 0 rings (SSSR count). The summed E-state index contributed by atoms with van der Waals surface area (Å²) in [5.41, 5.74) is 0. The van der Waals surface area contributed by atoms with Gasteiger partial charge in [-0.25, -0.2) is 0 Å². The molecule has 0 aromatic heterocycles. The normalized spacial score (nSPS) is 12.1. The van der Waals surface area contributed by atoms with Crippen LogP contribution in [-0.4, -0.2) is 17.2 Å². The van der Waals surface area contributed by atoms with E-state index >= 15 is 0 Å². The van der Waals surface area contributed by atoms with Crippen molar-refractivity contribution in [3.8, 4) is 0 Å². The summed E-state index contributed by atoms with van der Waals surface area (Å²) in [5, 5.41) is 8.26. The van der Waals surface area contributed by atoms with E-state index in [9.17, 15) is 4.79 Å². The van der Waals surface area contributed by atoms with E-state index in [4.69, 9.17) is 5.11 Å². The molecule has 0 aromatic carbocycles. The lowest BCUT2D eigenvalue weighted by molar-refractivity contribution is -0.137. The lowest BCUT2D eigenvalue weighted by Crippen LogP contribution is -1.93. The number of hydrogen-bond donors (Lipinski definition) is 1. The molecule has 0 saturated heterocycles. The summed E-state index contributed by atoms with van der Waals surface area (Å²) in [6.07, 6.45) is 3.40. The largest absolute Gasteiger partial charge is 0.481 e. The van der Waals surface area contributed by atoms with Crippen LogP contribution in [0.4, 0.5) is 0 Å². The summed E-state index contributed by atoms with van der Waals surface area (Å²) in [6.45, 7) is 0.856. The third kappa shape index (κ3) is 8.81. The van der Waals surface area contributed by atoms with Gasteiger partial charge in [-0.3, -0.25) is 4.79 Å². The van der Waals surface area contributed by atoms with Gasteiger partial charge in [-0.1, -0.05) is 23.8 Å². The minimum atomic E-state index is -0.676. The fourth-order valence-electron chi connectivity index (χ4n) is 0.537. The Balaban J connectivity index is 2.84. The minimum Gasteiger partial charge on any atom is -0.481 e. The maximum Gasteiger partial charge on any atom is 0.303 e. The molecule has 0 aliphatic carbocycles. The molecule has 0 amide bonds. The van der Waals surface area contributed by atoms with Crippen LogP contribution in [-0.2, 0) is 4.79 Å². The second kappa shape index (κ2) is 7.91. The zero-order chi connectivity index (χ0) is 7.82. The van der Waals surface area contributed by atoms with Crippen LogP contribution in [0.1, 0.15) is 19.3 Å². The van der Waals surface area contributed by atoms with Gasteiger partial charge in [0.05, 0.1) is 0 Å². The van der Waals surface area contributed by atoms with Crippen molar-refractivity contribution in [3.05, 3.63) is 0 Å². The van der Waals surface area contributed by atoms with Gasteiger partial charge in [-0.15, -0.1) is 0 Å². The lowest BCUT2D eigenvalue weighted by Gasteiger charge is -1.94. The predicted molar refractivity (Wildman–Crippen MR) is 51.9 cm³/mol. The van der Waals surface area contributed by atoms with Crippen molar-refractivity contribution >= 4 is 36.7 Å². The van der Waals surface area contributed by atoms with Gasteiger partial charge in [0.15, 0.2) is 0 Å². The van der Waals surface area contributed by atoms with Gasteiger partial charge in [0.25, 0.3) is 0 Å². The van der Waals surface area contributed by atoms with E-state index in [1.165, 1.54) is 6.16 Å². The summed E-state index contributed by atoms with van der Waals surface area (Å²) < 4.78 is 0. The first-order chi connectivity index (χ1) is 4.77. The van der Waals surface area contributed by atoms with Crippen LogP contribution >= 0.6 is 30.7 Å². The van der Waals surface area contributed by atoms with Crippen molar-refractivity contribution in [3.63, 3.8) is 0 Å². The van der Waals surface area contributed by atoms with Gasteiger partial charge in [-0.2, -0.15) is 0 Å². The van der Waals surface area contributed by atoms with Gasteiger partial charge in [0, 0.05) is 6.42 Å². The summed E-state index contributed by atoms with van der Waals surface area (Å²) in [5.74, 6) is -0.676. The average molecular weight is 245 g/mol. The molecule has 60 valence electrons. The van der Waals surface area contributed by atoms with Crippen LogP contribution in [0, 0.1) is 0 Å². The molecule has 0 aliphatic rings. The van der Waals surface area contributed by atoms with Gasteiger partial charge in [0.2, 0.25) is 0 Å². The SMILES string of the molecule is O=C(O)CCCCPPBr. The van der Waals surface area contributed by atoms with Gasteiger partial charge in [0.1, 0.15) is 0 Å². The topological polar surface area (TPSA) is 37.3 Å². The third-order valence-electron chi connectivity index (χ3n) is 1.01. The fourth-order valence-corrected chi connectivity index (χ4v) is 3.66. The average Bonchev–Trinajstić information content (AvgIpc) is 1.87. The Hall–Kier alpha value is 0.810. The molecule has 5 heteroatoms. The molecule has 0 fully saturated rings. The van der Waals surface area contributed by atoms with Crippen LogP contribution < -0.4 is 0 Å². The molecule has 0 spiro atoms. The van der Waals surface area contributed by atoms with E-state index in [0.717, 1.165) is 28.1 Å². The highest BCUT2D eigenvalue weighted by molar-refractivity contribution is 9.41. The summed E-state index contributed by atoms with van der Waals surface area (Å²) in [4.78, 5) is 10.0. The maximum absolute atomic E-state index is 10.0. The molecule has 10 heavy (non-hydrogen) atoms. The maximum atomic E-state index is 10.0. The van der Waals surface area contributed by atoms with E-state index in [-0.39, 0.29) is 0 Å². The molecular formula is C5H11BrO2P2. The van der Waals surface area contributed by atoms with Gasteiger partial charge in [-0.05, 0) is 26.0 Å². The zero-order valence-corrected chi connectivity index (χ0v) is 9.15. The second-order valence-electron chi connectivity index (χ2n) is 1.87. The van der Waals surface area contributed by atoms with E-state index in [0.29, 0.717) is 6.42 Å². The molecule has 0 aromatic rings. The predicted octanol–water partition coefficient (Wildman–Crippen LogP) is 2.82. The van der Waals surface area contributed by atoms with Crippen molar-refractivity contribution in [2.45, 2.75) is 19.3 Å². The zero-order valence-electron chi connectivity index (χ0n) is 5.56. The quantitative estimate of drug-likeness (QED) is 0.577. The van der Waals surface area contributed by atoms with Crippen LogP contribution in [0.5, 0.6) is 0 Å². The highest BCUT2D eigenvalue weighted by Crippen LogP contribution is 2.43. The number of carboxylic acid groups (broad SMARTS) is 1. The highest BCUT2D eigenvalue weighted by atomic mass is 79.9. The summed E-state index contributed by atoms with van der Waals surface area (Å²) >= 11 is 3.35. The monoisotopic (exact) mass is 244 g/mol. The second-order valence-corrected chi connectivity index (χ2v) is 8.11. The Labute approximate surface area is 72.4 Å². The Bertz CT molecular complexity index is 99.6. The number of carboxylic acids is 1. The third-order valence-corrected chi connectivity index (χ3v) is 5.42. The Morgan fingerprint density at radius 2 is 2.20 bits per heavy atom. The first-order valence-electron chi connectivity index (χ1n) is 3.07. The molecule has 0 saturated carbocycles. The lowest BCUT2D eigenvalue weighted by atomic mass is 10.3. The molecule has 0 radical (unpaired) electrons.